The minimum absolute atomic E-state index is 0.0262. The number of nitrogens with one attached hydrogen (secondary N) is 1. The van der Waals surface area contributed by atoms with Gasteiger partial charge in [-0.15, -0.1) is 0 Å². The van der Waals surface area contributed by atoms with Gasteiger partial charge in [0.05, 0.1) is 5.70 Å². The number of carbonyl (C=O) groups is 5. The van der Waals surface area contributed by atoms with Crippen molar-refractivity contribution in [2.45, 2.75) is 31.8 Å². The van der Waals surface area contributed by atoms with Crippen LogP contribution in [0.25, 0.3) is 5.70 Å². The Kier molecular flexibility index (Phi) is 9.28. The van der Waals surface area contributed by atoms with Crippen LogP contribution < -0.4 is 5.32 Å². The van der Waals surface area contributed by atoms with Gasteiger partial charge in [-0.25, -0.2) is 4.79 Å². The summed E-state index contributed by atoms with van der Waals surface area (Å²) in [5.41, 5.74) is 1.59. The molecule has 0 aliphatic carbocycles. The number of carbonyl (C=O) groups excluding carboxylic acids is 4. The molecule has 0 aromatic heterocycles. The predicted octanol–water partition coefficient (Wildman–Crippen LogP) is 1.46. The van der Waals surface area contributed by atoms with Gasteiger partial charge in [0.25, 0.3) is 11.7 Å². The van der Waals surface area contributed by atoms with Crippen LogP contribution in [0.4, 0.5) is 0 Å². The van der Waals surface area contributed by atoms with Crippen molar-refractivity contribution in [3.63, 3.8) is 0 Å². The first kappa shape index (κ1) is 27.3. The van der Waals surface area contributed by atoms with Crippen LogP contribution in [0.3, 0.4) is 0 Å². The van der Waals surface area contributed by atoms with Crippen LogP contribution in [0.15, 0.2) is 66.9 Å². The average Bonchev–Trinajstić information content (AvgIpc) is 2.89. The molecule has 2 atom stereocenters. The van der Waals surface area contributed by atoms with E-state index in [1.54, 1.807) is 60.7 Å². The molecule has 0 saturated heterocycles. The van der Waals surface area contributed by atoms with Crippen molar-refractivity contribution in [3.8, 4) is 0 Å². The normalized spacial score (nSPS) is 16.1. The summed E-state index contributed by atoms with van der Waals surface area (Å²) in [5, 5.41) is 11.8. The van der Waals surface area contributed by atoms with Gasteiger partial charge in [-0.3, -0.25) is 24.1 Å². The van der Waals surface area contributed by atoms with Gasteiger partial charge >= 0.3 is 5.97 Å². The summed E-state index contributed by atoms with van der Waals surface area (Å²) < 4.78 is 5.11. The first-order valence-electron chi connectivity index (χ1n) is 11.7. The largest absolute Gasteiger partial charge is 0.475 e. The smallest absolute Gasteiger partial charge is 0.374 e. The molecule has 37 heavy (non-hydrogen) atoms. The lowest BCUT2D eigenvalue weighted by molar-refractivity contribution is -0.150. The maximum atomic E-state index is 13.6. The van der Waals surface area contributed by atoms with Crippen molar-refractivity contribution in [1.82, 2.24) is 15.1 Å². The van der Waals surface area contributed by atoms with E-state index in [0.29, 0.717) is 16.8 Å². The quantitative estimate of drug-likeness (QED) is 0.440. The number of carboxylic acids is 1. The van der Waals surface area contributed by atoms with Gasteiger partial charge in [0.15, 0.2) is 0 Å². The van der Waals surface area contributed by atoms with Gasteiger partial charge in [0.2, 0.25) is 11.8 Å². The van der Waals surface area contributed by atoms with Gasteiger partial charge in [-0.2, -0.15) is 0 Å². The number of hydrogen-bond acceptors (Lipinski definition) is 6. The zero-order valence-electron chi connectivity index (χ0n) is 20.6. The number of hydrogen-bond donors (Lipinski definition) is 2. The number of Topliss-reactive ketones (excluding diaryl/α,β-unsaturated/α-hetero) is 1. The molecular weight excluding hydrogens is 478 g/mol. The highest BCUT2D eigenvalue weighted by Gasteiger charge is 2.38. The van der Waals surface area contributed by atoms with Crippen LogP contribution in [-0.2, 0) is 35.1 Å². The molecule has 10 nitrogen and oxygen atoms in total. The Balaban J connectivity index is 1.91. The minimum Gasteiger partial charge on any atom is -0.475 e. The van der Waals surface area contributed by atoms with E-state index in [-0.39, 0.29) is 25.4 Å². The van der Waals surface area contributed by atoms with E-state index in [9.17, 15) is 29.1 Å². The van der Waals surface area contributed by atoms with E-state index in [1.165, 1.54) is 30.0 Å². The molecule has 0 bridgehead atoms. The van der Waals surface area contributed by atoms with Gasteiger partial charge < -0.3 is 20.1 Å². The Labute approximate surface area is 214 Å². The molecule has 2 N–H and O–H groups in total. The standard InChI is InChI=1S/C27H29N3O7/c1-18(31)29-16-23(20-11-7-4-8-12-20)30(26(34)22(29)13-14-37-2)17-24(32)28-21(25(33)27(35)36)15-19-9-5-3-6-10-19/h3-12,16,21-22H,13-15,17H2,1-2H3,(H,28,32)(H,35,36)/t21-,22?/m0/s1. The lowest BCUT2D eigenvalue weighted by Gasteiger charge is -2.39. The van der Waals surface area contributed by atoms with Crippen molar-refractivity contribution in [2.75, 3.05) is 20.3 Å². The predicted molar refractivity (Wildman–Crippen MR) is 134 cm³/mol. The highest BCUT2D eigenvalue weighted by molar-refractivity contribution is 6.35. The summed E-state index contributed by atoms with van der Waals surface area (Å²) in [6.07, 6.45) is 1.71. The third-order valence-electron chi connectivity index (χ3n) is 5.91. The van der Waals surface area contributed by atoms with Crippen LogP contribution >= 0.6 is 0 Å². The van der Waals surface area contributed by atoms with Gasteiger partial charge in [0.1, 0.15) is 18.6 Å². The molecule has 3 amide bonds. The summed E-state index contributed by atoms with van der Waals surface area (Å²) in [4.78, 5) is 65.4. The SMILES string of the molecule is COCCC1C(=O)N(CC(=O)N[C@@H](Cc2ccccc2)C(=O)C(=O)O)C(c2ccccc2)=CN1C(C)=O. The number of rotatable bonds is 11. The average molecular weight is 508 g/mol. The van der Waals surface area contributed by atoms with Crippen molar-refractivity contribution < 1.29 is 33.8 Å². The molecule has 1 aliphatic rings. The van der Waals surface area contributed by atoms with Gasteiger partial charge in [0, 0.05) is 39.7 Å². The first-order chi connectivity index (χ1) is 17.7. The first-order valence-corrected chi connectivity index (χ1v) is 11.7. The van der Waals surface area contributed by atoms with E-state index >= 15 is 0 Å². The molecule has 194 valence electrons. The molecule has 2 aromatic carbocycles. The van der Waals surface area contributed by atoms with Crippen LogP contribution in [-0.4, -0.2) is 76.7 Å². The number of benzene rings is 2. The molecule has 0 saturated carbocycles. The lowest BCUT2D eigenvalue weighted by Crippen LogP contribution is -2.55. The van der Waals surface area contributed by atoms with Crippen molar-refractivity contribution in [1.29, 1.82) is 0 Å². The Morgan fingerprint density at radius 3 is 2.22 bits per heavy atom. The minimum atomic E-state index is -1.67. The fraction of sp³-hybridized carbons (Fsp3) is 0.296. The molecule has 3 rings (SSSR count). The zero-order valence-corrected chi connectivity index (χ0v) is 20.6. The lowest BCUT2D eigenvalue weighted by atomic mass is 10.0. The number of ketones is 1. The molecule has 1 heterocycles. The Morgan fingerprint density at radius 2 is 1.65 bits per heavy atom. The number of aliphatic carboxylic acids is 1. The number of ether oxygens (including phenoxy) is 1. The summed E-state index contributed by atoms with van der Waals surface area (Å²) >= 11 is 0. The fourth-order valence-electron chi connectivity index (χ4n) is 4.11. The number of methoxy groups -OCH3 is 1. The van der Waals surface area contributed by atoms with Crippen molar-refractivity contribution in [3.05, 3.63) is 78.0 Å². The van der Waals surface area contributed by atoms with Gasteiger partial charge in [-0.1, -0.05) is 60.7 Å². The van der Waals surface area contributed by atoms with Crippen molar-refractivity contribution >= 4 is 35.2 Å². The topological polar surface area (TPSA) is 133 Å². The maximum absolute atomic E-state index is 13.6. The molecule has 10 heteroatoms. The second-order valence-corrected chi connectivity index (χ2v) is 8.51. The highest BCUT2D eigenvalue weighted by Crippen LogP contribution is 2.28. The molecule has 2 aromatic rings. The number of amides is 3. The molecule has 0 fully saturated rings. The highest BCUT2D eigenvalue weighted by atomic mass is 16.5. The number of nitrogens with zero attached hydrogens (tertiary/aromatic N) is 2. The van der Waals surface area contributed by atoms with Crippen LogP contribution in [0, 0.1) is 0 Å². The second kappa shape index (κ2) is 12.6. The molecule has 0 spiro atoms. The monoisotopic (exact) mass is 507 g/mol. The van der Waals surface area contributed by atoms with Crippen LogP contribution in [0.5, 0.6) is 0 Å². The van der Waals surface area contributed by atoms with Crippen LogP contribution in [0.2, 0.25) is 0 Å². The second-order valence-electron chi connectivity index (χ2n) is 8.51. The zero-order chi connectivity index (χ0) is 26.9. The van der Waals surface area contributed by atoms with Crippen molar-refractivity contribution in [2.24, 2.45) is 0 Å². The molecule has 1 unspecified atom stereocenters. The Morgan fingerprint density at radius 1 is 1.03 bits per heavy atom. The van der Waals surface area contributed by atoms with Gasteiger partial charge in [-0.05, 0) is 11.1 Å². The van der Waals surface area contributed by atoms with E-state index in [1.807, 2.05) is 0 Å². The van der Waals surface area contributed by atoms with Crippen LogP contribution in [0.1, 0.15) is 24.5 Å². The van der Waals surface area contributed by atoms with E-state index in [4.69, 9.17) is 4.74 Å². The maximum Gasteiger partial charge on any atom is 0.374 e. The Hall–Kier alpha value is -4.31. The molecular formula is C27H29N3O7. The third-order valence-corrected chi connectivity index (χ3v) is 5.91. The summed E-state index contributed by atoms with van der Waals surface area (Å²) in [6.45, 7) is 1.08. The van der Waals surface area contributed by atoms with E-state index < -0.39 is 42.2 Å². The Bertz CT molecular complexity index is 1180. The summed E-state index contributed by atoms with van der Waals surface area (Å²) in [5.74, 6) is -4.39. The molecule has 1 aliphatic heterocycles. The third kappa shape index (κ3) is 6.89. The fourth-order valence-corrected chi connectivity index (χ4v) is 4.11. The summed E-state index contributed by atoms with van der Waals surface area (Å²) in [6, 6.07) is 15.3. The van der Waals surface area contributed by atoms with E-state index in [0.717, 1.165) is 0 Å². The summed E-state index contributed by atoms with van der Waals surface area (Å²) in [7, 11) is 1.48. The molecule has 0 radical (unpaired) electrons. The number of carboxylic acid groups (broad SMARTS) is 1. The van der Waals surface area contributed by atoms with E-state index in [2.05, 4.69) is 5.32 Å².